The third-order valence-electron chi connectivity index (χ3n) is 5.78. The number of aryl methyl sites for hydroxylation is 3. The molecule has 0 bridgehead atoms. The highest BCUT2D eigenvalue weighted by molar-refractivity contribution is 5.84. The van der Waals surface area contributed by atoms with E-state index < -0.39 is 0 Å². The van der Waals surface area contributed by atoms with Crippen molar-refractivity contribution in [3.63, 3.8) is 0 Å². The maximum absolute atomic E-state index is 12.4. The number of hydrogen-bond acceptors (Lipinski definition) is 4. The van der Waals surface area contributed by atoms with Crippen molar-refractivity contribution < 1.29 is 9.53 Å². The fourth-order valence-corrected chi connectivity index (χ4v) is 4.24. The molecular weight excluding hydrogens is 352 g/mol. The standard InChI is InChI=1S/C22H24N4O2/c1-13-11-19(24-22-20(13)21(15-7-8-15)25-26(22)2)28-12-18(27)23-17-10-9-14-5-3-4-6-16(14)17/h3-6,11,15,17H,7-10,12H2,1-2H3,(H,23,27)/t17-/m0/s1. The average molecular weight is 376 g/mol. The number of pyridine rings is 1. The van der Waals surface area contributed by atoms with E-state index in [0.717, 1.165) is 35.1 Å². The lowest BCUT2D eigenvalue weighted by Crippen LogP contribution is -2.31. The molecule has 1 aromatic carbocycles. The minimum atomic E-state index is -0.120. The van der Waals surface area contributed by atoms with Crippen molar-refractivity contribution in [1.29, 1.82) is 0 Å². The van der Waals surface area contributed by atoms with Crippen LogP contribution >= 0.6 is 0 Å². The molecule has 0 unspecified atom stereocenters. The van der Waals surface area contributed by atoms with Gasteiger partial charge < -0.3 is 10.1 Å². The molecule has 2 aromatic heterocycles. The molecule has 1 amide bonds. The van der Waals surface area contributed by atoms with Gasteiger partial charge in [-0.05, 0) is 49.3 Å². The van der Waals surface area contributed by atoms with Crippen molar-refractivity contribution >= 4 is 16.9 Å². The van der Waals surface area contributed by atoms with Gasteiger partial charge in [-0.1, -0.05) is 24.3 Å². The van der Waals surface area contributed by atoms with E-state index in [4.69, 9.17) is 4.74 Å². The number of fused-ring (bicyclic) bond motifs is 2. The molecule has 0 spiro atoms. The van der Waals surface area contributed by atoms with Crippen LogP contribution in [0.25, 0.3) is 11.0 Å². The largest absolute Gasteiger partial charge is 0.468 e. The van der Waals surface area contributed by atoms with Gasteiger partial charge in [0.25, 0.3) is 5.91 Å². The summed E-state index contributed by atoms with van der Waals surface area (Å²) in [4.78, 5) is 17.0. The lowest BCUT2D eigenvalue weighted by atomic mass is 10.1. The highest BCUT2D eigenvalue weighted by Crippen LogP contribution is 2.43. The number of carbonyl (C=O) groups is 1. The first-order valence-electron chi connectivity index (χ1n) is 9.94. The first-order chi connectivity index (χ1) is 13.6. The van der Waals surface area contributed by atoms with Gasteiger partial charge in [-0.2, -0.15) is 10.1 Å². The molecule has 2 heterocycles. The zero-order chi connectivity index (χ0) is 19.3. The molecule has 6 heteroatoms. The van der Waals surface area contributed by atoms with Gasteiger partial charge in [0.2, 0.25) is 5.88 Å². The number of amides is 1. The summed E-state index contributed by atoms with van der Waals surface area (Å²) in [6, 6.07) is 10.3. The molecule has 2 aliphatic carbocycles. The predicted molar refractivity (Wildman–Crippen MR) is 106 cm³/mol. The Morgan fingerprint density at radius 2 is 2.11 bits per heavy atom. The number of hydrogen-bond donors (Lipinski definition) is 1. The molecule has 3 aromatic rings. The minimum absolute atomic E-state index is 0.0378. The van der Waals surface area contributed by atoms with E-state index in [1.54, 1.807) is 0 Å². The molecule has 1 saturated carbocycles. The van der Waals surface area contributed by atoms with E-state index >= 15 is 0 Å². The molecule has 1 fully saturated rings. The second-order valence-electron chi connectivity index (χ2n) is 7.91. The first-order valence-corrected chi connectivity index (χ1v) is 9.94. The van der Waals surface area contributed by atoms with Gasteiger partial charge in [0.05, 0.1) is 11.7 Å². The van der Waals surface area contributed by atoms with E-state index in [2.05, 4.69) is 34.5 Å². The molecule has 144 valence electrons. The SMILES string of the molecule is Cc1cc(OCC(=O)N[C@H]2CCc3ccccc32)nc2c1c(C1CC1)nn2C. The van der Waals surface area contributed by atoms with Crippen LogP contribution in [-0.4, -0.2) is 27.3 Å². The zero-order valence-corrected chi connectivity index (χ0v) is 16.2. The normalized spacial score (nSPS) is 18.3. The molecule has 1 N–H and O–H groups in total. The lowest BCUT2D eigenvalue weighted by Gasteiger charge is -2.14. The predicted octanol–water partition coefficient (Wildman–Crippen LogP) is 3.34. The summed E-state index contributed by atoms with van der Waals surface area (Å²) < 4.78 is 7.55. The van der Waals surface area contributed by atoms with Crippen LogP contribution in [0.1, 0.15) is 53.6 Å². The topological polar surface area (TPSA) is 69.0 Å². The Morgan fingerprint density at radius 1 is 1.29 bits per heavy atom. The van der Waals surface area contributed by atoms with Crippen LogP contribution in [0, 0.1) is 6.92 Å². The van der Waals surface area contributed by atoms with Gasteiger partial charge in [-0.15, -0.1) is 0 Å². The molecule has 28 heavy (non-hydrogen) atoms. The molecule has 6 nitrogen and oxygen atoms in total. The lowest BCUT2D eigenvalue weighted by molar-refractivity contribution is -0.123. The zero-order valence-electron chi connectivity index (χ0n) is 16.2. The summed E-state index contributed by atoms with van der Waals surface area (Å²) in [6.07, 6.45) is 4.35. The quantitative estimate of drug-likeness (QED) is 0.742. The van der Waals surface area contributed by atoms with Crippen LogP contribution in [0.15, 0.2) is 30.3 Å². The van der Waals surface area contributed by atoms with Gasteiger partial charge >= 0.3 is 0 Å². The van der Waals surface area contributed by atoms with Gasteiger partial charge in [0.15, 0.2) is 12.3 Å². The summed E-state index contributed by atoms with van der Waals surface area (Å²) in [5.41, 5.74) is 5.60. The van der Waals surface area contributed by atoms with Crippen molar-refractivity contribution in [2.24, 2.45) is 7.05 Å². The highest BCUT2D eigenvalue weighted by atomic mass is 16.5. The Morgan fingerprint density at radius 3 is 2.93 bits per heavy atom. The summed E-state index contributed by atoms with van der Waals surface area (Å²) in [7, 11) is 1.91. The first kappa shape index (κ1) is 17.2. The van der Waals surface area contributed by atoms with E-state index in [1.165, 1.54) is 24.0 Å². The van der Waals surface area contributed by atoms with Gasteiger partial charge in [0.1, 0.15) is 0 Å². The van der Waals surface area contributed by atoms with Crippen LogP contribution in [0.3, 0.4) is 0 Å². The van der Waals surface area contributed by atoms with Crippen LogP contribution in [0.2, 0.25) is 0 Å². The smallest absolute Gasteiger partial charge is 0.258 e. The second-order valence-corrected chi connectivity index (χ2v) is 7.91. The van der Waals surface area contributed by atoms with Crippen molar-refractivity contribution in [3.8, 4) is 5.88 Å². The average Bonchev–Trinajstić information content (AvgIpc) is 3.38. The summed E-state index contributed by atoms with van der Waals surface area (Å²) in [5, 5.41) is 8.87. The number of rotatable bonds is 5. The summed E-state index contributed by atoms with van der Waals surface area (Å²) in [6.45, 7) is 2.02. The Hall–Kier alpha value is -2.89. The fraction of sp³-hybridized carbons (Fsp3) is 0.409. The fourth-order valence-electron chi connectivity index (χ4n) is 4.24. The van der Waals surface area contributed by atoms with Crippen LogP contribution in [0.4, 0.5) is 0 Å². The van der Waals surface area contributed by atoms with Crippen LogP contribution < -0.4 is 10.1 Å². The van der Waals surface area contributed by atoms with Crippen molar-refractivity contribution in [2.75, 3.05) is 6.61 Å². The molecule has 2 aliphatic rings. The molecule has 0 aliphatic heterocycles. The maximum atomic E-state index is 12.4. The maximum Gasteiger partial charge on any atom is 0.258 e. The Balaban J connectivity index is 1.28. The Bertz CT molecular complexity index is 1070. The van der Waals surface area contributed by atoms with E-state index in [1.807, 2.05) is 29.9 Å². The molecule has 0 saturated heterocycles. The summed E-state index contributed by atoms with van der Waals surface area (Å²) >= 11 is 0. The van der Waals surface area contributed by atoms with Gasteiger partial charge in [-0.25, -0.2) is 0 Å². The molecular formula is C22H24N4O2. The van der Waals surface area contributed by atoms with Crippen molar-refractivity contribution in [1.82, 2.24) is 20.1 Å². The number of nitrogens with zero attached hydrogens (tertiary/aromatic N) is 3. The second kappa shape index (κ2) is 6.62. The number of carbonyl (C=O) groups excluding carboxylic acids is 1. The van der Waals surface area contributed by atoms with E-state index in [0.29, 0.717) is 11.8 Å². The van der Waals surface area contributed by atoms with Gasteiger partial charge in [0, 0.05) is 24.4 Å². The number of ether oxygens (including phenoxy) is 1. The van der Waals surface area contributed by atoms with E-state index in [-0.39, 0.29) is 18.6 Å². The molecule has 5 rings (SSSR count). The third kappa shape index (κ3) is 3.03. The Kier molecular flexibility index (Phi) is 4.07. The number of benzene rings is 1. The Labute approximate surface area is 163 Å². The molecule has 0 radical (unpaired) electrons. The number of nitrogens with one attached hydrogen (secondary N) is 1. The number of aromatic nitrogens is 3. The monoisotopic (exact) mass is 376 g/mol. The minimum Gasteiger partial charge on any atom is -0.468 e. The van der Waals surface area contributed by atoms with E-state index in [9.17, 15) is 4.79 Å². The summed E-state index contributed by atoms with van der Waals surface area (Å²) in [5.74, 6) is 0.915. The van der Waals surface area contributed by atoms with Gasteiger partial charge in [-0.3, -0.25) is 9.48 Å². The van der Waals surface area contributed by atoms with Crippen molar-refractivity contribution in [2.45, 2.75) is 44.6 Å². The van der Waals surface area contributed by atoms with Crippen LogP contribution in [-0.2, 0) is 18.3 Å². The van der Waals surface area contributed by atoms with Crippen LogP contribution in [0.5, 0.6) is 5.88 Å². The molecule has 1 atom stereocenters. The highest BCUT2D eigenvalue weighted by Gasteiger charge is 2.30. The van der Waals surface area contributed by atoms with Crippen molar-refractivity contribution in [3.05, 3.63) is 52.7 Å². The third-order valence-corrected chi connectivity index (χ3v) is 5.78.